The maximum Gasteiger partial charge on any atom is 0.253 e. The molecule has 0 heterocycles. The van der Waals surface area contributed by atoms with E-state index in [4.69, 9.17) is 22.7 Å². The summed E-state index contributed by atoms with van der Waals surface area (Å²) in [4.78, 5) is 0. The molecule has 0 aromatic rings. The van der Waals surface area contributed by atoms with E-state index in [2.05, 4.69) is 0 Å². The van der Waals surface area contributed by atoms with Crippen molar-refractivity contribution in [2.24, 2.45) is 5.73 Å². The molecule has 0 aromatic heterocycles. The van der Waals surface area contributed by atoms with Crippen LogP contribution in [0.15, 0.2) is 0 Å². The second kappa shape index (κ2) is 2.03. The molecule has 0 spiro atoms. The standard InChI is InChI=1S/C2H5ClN2/c3-1-2(4)5/h1H2,(H3,4,5)/p+1. The molecular weight excluding hydrogens is 87.5 g/mol. The lowest BCUT2D eigenvalue weighted by molar-refractivity contribution is -0.115. The van der Waals surface area contributed by atoms with Gasteiger partial charge in [-0.2, -0.15) is 0 Å². The van der Waals surface area contributed by atoms with Crippen molar-refractivity contribution in [3.05, 3.63) is 0 Å². The van der Waals surface area contributed by atoms with Crippen LogP contribution in [0.1, 0.15) is 0 Å². The number of alkyl halides is 1. The zero-order valence-electron chi connectivity index (χ0n) is 2.74. The van der Waals surface area contributed by atoms with Gasteiger partial charge in [0.2, 0.25) is 0 Å². The minimum absolute atomic E-state index is 0.250. The Hall–Kier alpha value is -0.240. The van der Waals surface area contributed by atoms with Gasteiger partial charge in [-0.15, -0.1) is 11.6 Å². The summed E-state index contributed by atoms with van der Waals surface area (Å²) in [6.07, 6.45) is 0. The van der Waals surface area contributed by atoms with Crippen LogP contribution in [0.4, 0.5) is 0 Å². The molecule has 0 aromatic carbocycles. The van der Waals surface area contributed by atoms with Crippen LogP contribution in [0.5, 0.6) is 0 Å². The molecule has 0 aliphatic carbocycles. The van der Waals surface area contributed by atoms with Crippen LogP contribution >= 0.6 is 11.6 Å². The average molecular weight is 93.5 g/mol. The zero-order valence-corrected chi connectivity index (χ0v) is 3.50. The fourth-order valence-electron chi connectivity index (χ4n) is 0. The van der Waals surface area contributed by atoms with E-state index in [1.165, 1.54) is 0 Å². The summed E-state index contributed by atoms with van der Waals surface area (Å²) in [6, 6.07) is 0. The molecule has 0 aliphatic heterocycles. The van der Waals surface area contributed by atoms with E-state index in [-0.39, 0.29) is 11.7 Å². The second-order valence-corrected chi connectivity index (χ2v) is 0.976. The van der Waals surface area contributed by atoms with Crippen LogP contribution in [0.25, 0.3) is 0 Å². The highest BCUT2D eigenvalue weighted by atomic mass is 35.5. The van der Waals surface area contributed by atoms with Gasteiger partial charge in [0.25, 0.3) is 5.84 Å². The lowest BCUT2D eigenvalue weighted by Crippen LogP contribution is -2.46. The van der Waals surface area contributed by atoms with Gasteiger partial charge in [0, 0.05) is 0 Å². The van der Waals surface area contributed by atoms with E-state index in [1.54, 1.807) is 0 Å². The van der Waals surface area contributed by atoms with E-state index >= 15 is 0 Å². The third kappa shape index (κ3) is 3.76. The van der Waals surface area contributed by atoms with E-state index in [1.807, 2.05) is 0 Å². The maximum atomic E-state index is 5.05. The number of hydrogen-bond acceptors (Lipinski definition) is 0. The maximum absolute atomic E-state index is 5.05. The molecule has 0 atom stereocenters. The first-order valence-electron chi connectivity index (χ1n) is 1.20. The highest BCUT2D eigenvalue weighted by Gasteiger charge is 1.82. The lowest BCUT2D eigenvalue weighted by atomic mass is 10.7. The van der Waals surface area contributed by atoms with Gasteiger partial charge in [-0.1, -0.05) is 0 Å². The van der Waals surface area contributed by atoms with Gasteiger partial charge in [-0.25, -0.2) is 0 Å². The molecule has 4 N–H and O–H groups in total. The van der Waals surface area contributed by atoms with Gasteiger partial charge in [0.1, 0.15) is 5.88 Å². The molecule has 2 nitrogen and oxygen atoms in total. The molecule has 0 aliphatic rings. The van der Waals surface area contributed by atoms with Crippen molar-refractivity contribution in [2.45, 2.75) is 0 Å². The highest BCUT2D eigenvalue weighted by Crippen LogP contribution is 1.61. The first-order chi connectivity index (χ1) is 2.27. The number of halogens is 1. The molecule has 0 fully saturated rings. The summed E-state index contributed by atoms with van der Waals surface area (Å²) in [5, 5.41) is 4.85. The molecule has 0 saturated carbocycles. The van der Waals surface area contributed by atoms with Crippen LogP contribution in [-0.4, -0.2) is 11.7 Å². The molecule has 5 heavy (non-hydrogen) atoms. The van der Waals surface area contributed by atoms with Crippen molar-refractivity contribution < 1.29 is 5.41 Å². The minimum Gasteiger partial charge on any atom is -0.290 e. The minimum atomic E-state index is 0.250. The molecular formula is C2H6ClN2+. The number of nitrogens with two attached hydrogens (primary N) is 2. The van der Waals surface area contributed by atoms with Gasteiger partial charge in [0.15, 0.2) is 0 Å². The quantitative estimate of drug-likeness (QED) is 0.228. The van der Waals surface area contributed by atoms with Gasteiger partial charge in [-0.05, 0) is 0 Å². The Bertz CT molecular complexity index is 42.9. The van der Waals surface area contributed by atoms with Crippen molar-refractivity contribution >= 4 is 17.4 Å². The Morgan fingerprint density at radius 1 is 2.00 bits per heavy atom. The van der Waals surface area contributed by atoms with E-state index in [0.717, 1.165) is 0 Å². The monoisotopic (exact) mass is 93.0 g/mol. The first kappa shape index (κ1) is 4.76. The highest BCUT2D eigenvalue weighted by molar-refractivity contribution is 6.27. The Balaban J connectivity index is 2.85. The Kier molecular flexibility index (Phi) is 1.93. The van der Waals surface area contributed by atoms with Crippen LogP contribution in [0, 0.1) is 0 Å². The van der Waals surface area contributed by atoms with Gasteiger partial charge in [-0.3, -0.25) is 11.1 Å². The topological polar surface area (TPSA) is 51.6 Å². The molecule has 0 amide bonds. The largest absolute Gasteiger partial charge is 0.290 e. The summed E-state index contributed by atoms with van der Waals surface area (Å²) in [6.45, 7) is 0. The first-order valence-corrected chi connectivity index (χ1v) is 1.73. The average Bonchev–Trinajstić information content (AvgIpc) is 1.38. The SMILES string of the molecule is NC(=[NH2+])CCl. The van der Waals surface area contributed by atoms with E-state index < -0.39 is 0 Å². The summed E-state index contributed by atoms with van der Waals surface area (Å²) >= 11 is 5.05. The smallest absolute Gasteiger partial charge is 0.253 e. The fraction of sp³-hybridized carbons (Fsp3) is 0.500. The molecule has 0 radical (unpaired) electrons. The lowest BCUT2D eigenvalue weighted by Gasteiger charge is -1.68. The molecule has 0 unspecified atom stereocenters. The van der Waals surface area contributed by atoms with Crippen molar-refractivity contribution in [2.75, 3.05) is 5.88 Å². The van der Waals surface area contributed by atoms with Crippen molar-refractivity contribution in [1.29, 1.82) is 0 Å². The van der Waals surface area contributed by atoms with Crippen LogP contribution in [0.2, 0.25) is 0 Å². The molecule has 3 heteroatoms. The Morgan fingerprint density at radius 2 is 2.20 bits per heavy atom. The molecule has 0 rings (SSSR count). The third-order valence-electron chi connectivity index (χ3n) is 0.154. The predicted octanol–water partition coefficient (Wildman–Crippen LogP) is -1.66. The van der Waals surface area contributed by atoms with Crippen LogP contribution < -0.4 is 11.1 Å². The van der Waals surface area contributed by atoms with Gasteiger partial charge in [0.05, 0.1) is 0 Å². The summed E-state index contributed by atoms with van der Waals surface area (Å²) in [7, 11) is 0. The third-order valence-corrected chi connectivity index (χ3v) is 0.463. The number of rotatable bonds is 1. The number of hydrogen-bond donors (Lipinski definition) is 2. The van der Waals surface area contributed by atoms with Crippen molar-refractivity contribution in [3.63, 3.8) is 0 Å². The van der Waals surface area contributed by atoms with Crippen molar-refractivity contribution in [3.8, 4) is 0 Å². The second-order valence-electron chi connectivity index (χ2n) is 0.709. The summed E-state index contributed by atoms with van der Waals surface area (Å²) in [5.74, 6) is 0.520. The van der Waals surface area contributed by atoms with Crippen LogP contribution in [-0.2, 0) is 0 Å². The summed E-state index contributed by atoms with van der Waals surface area (Å²) < 4.78 is 0. The van der Waals surface area contributed by atoms with Crippen molar-refractivity contribution in [1.82, 2.24) is 0 Å². The summed E-state index contributed by atoms with van der Waals surface area (Å²) in [5.41, 5.74) is 4.85. The van der Waals surface area contributed by atoms with E-state index in [0.29, 0.717) is 0 Å². The molecule has 0 bridgehead atoms. The van der Waals surface area contributed by atoms with Crippen LogP contribution in [0.3, 0.4) is 0 Å². The number of amidine groups is 1. The normalized spacial score (nSPS) is 7.40. The Morgan fingerprint density at radius 3 is 2.20 bits per heavy atom. The molecule has 0 saturated heterocycles. The van der Waals surface area contributed by atoms with E-state index in [9.17, 15) is 0 Å². The molecule has 30 valence electrons. The Labute approximate surface area is 35.4 Å². The fourth-order valence-corrected chi connectivity index (χ4v) is 0. The van der Waals surface area contributed by atoms with Gasteiger partial charge < -0.3 is 0 Å². The predicted molar refractivity (Wildman–Crippen MR) is 21.8 cm³/mol. The zero-order chi connectivity index (χ0) is 4.28. The van der Waals surface area contributed by atoms with Gasteiger partial charge >= 0.3 is 0 Å².